The summed E-state index contributed by atoms with van der Waals surface area (Å²) in [6.45, 7) is 4.30. The van der Waals surface area contributed by atoms with Crippen molar-refractivity contribution in [2.75, 3.05) is 11.4 Å². The maximum absolute atomic E-state index is 11.8. The van der Waals surface area contributed by atoms with Crippen LogP contribution in [0.3, 0.4) is 0 Å². The van der Waals surface area contributed by atoms with Crippen LogP contribution in [-0.2, 0) is 6.54 Å². The van der Waals surface area contributed by atoms with Crippen molar-refractivity contribution < 1.29 is 4.52 Å². The number of H-pyrrole nitrogens is 1. The van der Waals surface area contributed by atoms with E-state index in [-0.39, 0.29) is 11.9 Å². The first-order chi connectivity index (χ1) is 20.1. The highest BCUT2D eigenvalue weighted by molar-refractivity contribution is 5.80. The van der Waals surface area contributed by atoms with E-state index in [9.17, 15) is 4.79 Å². The molecule has 2 saturated carbocycles. The Balaban J connectivity index is 1.41. The quantitative estimate of drug-likeness (QED) is 0.280. The molecule has 1 aliphatic heterocycles. The molecule has 41 heavy (non-hydrogen) atoms. The second-order valence-corrected chi connectivity index (χ2v) is 12.6. The summed E-state index contributed by atoms with van der Waals surface area (Å²) in [4.78, 5) is 32.4. The predicted molar refractivity (Wildman–Crippen MR) is 159 cm³/mol. The molecule has 2 aliphatic carbocycles. The number of aromatic amines is 1. The minimum Gasteiger partial charge on any atom is -0.335 e. The summed E-state index contributed by atoms with van der Waals surface area (Å²) in [5, 5.41) is 3.94. The van der Waals surface area contributed by atoms with Gasteiger partial charge in [-0.3, -0.25) is 9.51 Å². The summed E-state index contributed by atoms with van der Waals surface area (Å²) in [6, 6.07) is 11.2. The average Bonchev–Trinajstić information content (AvgIpc) is 3.62. The topological polar surface area (TPSA) is 106 Å². The van der Waals surface area contributed by atoms with Crippen LogP contribution in [0, 0.1) is 11.8 Å². The molecular weight excluding hydrogens is 514 g/mol. The fraction of sp³-hybridized carbons (Fsp3) is 0.594. The molecule has 0 amide bonds. The lowest BCUT2D eigenvalue weighted by Gasteiger charge is -2.38. The maximum Gasteiger partial charge on any atom is 0.439 e. The molecular formula is C32H41N7O2. The molecule has 0 unspecified atom stereocenters. The van der Waals surface area contributed by atoms with Gasteiger partial charge in [-0.05, 0) is 62.3 Å². The van der Waals surface area contributed by atoms with E-state index in [4.69, 9.17) is 19.5 Å². The number of hydrogen-bond donors (Lipinski definition) is 1. The summed E-state index contributed by atoms with van der Waals surface area (Å²) in [7, 11) is 0. The van der Waals surface area contributed by atoms with Crippen LogP contribution in [0.2, 0.25) is 0 Å². The van der Waals surface area contributed by atoms with E-state index >= 15 is 0 Å². The Morgan fingerprint density at radius 3 is 2.44 bits per heavy atom. The van der Waals surface area contributed by atoms with Gasteiger partial charge < -0.3 is 9.47 Å². The molecule has 3 fully saturated rings. The van der Waals surface area contributed by atoms with Crippen LogP contribution in [0.15, 0.2) is 39.6 Å². The number of hydrogen-bond acceptors (Lipinski definition) is 7. The largest absolute Gasteiger partial charge is 0.439 e. The number of piperidine rings is 1. The van der Waals surface area contributed by atoms with Gasteiger partial charge in [-0.25, -0.2) is 14.8 Å². The summed E-state index contributed by atoms with van der Waals surface area (Å²) in [5.41, 5.74) is 4.19. The van der Waals surface area contributed by atoms with Crippen LogP contribution in [0.25, 0.3) is 22.8 Å². The second kappa shape index (κ2) is 11.4. The lowest BCUT2D eigenvalue weighted by Crippen LogP contribution is -2.36. The summed E-state index contributed by atoms with van der Waals surface area (Å²) >= 11 is 0. The van der Waals surface area contributed by atoms with E-state index in [1.54, 1.807) is 0 Å². The molecule has 1 N–H and O–H groups in total. The zero-order valence-electron chi connectivity index (χ0n) is 24.1. The van der Waals surface area contributed by atoms with Crippen molar-refractivity contribution in [1.82, 2.24) is 29.7 Å². The average molecular weight is 556 g/mol. The van der Waals surface area contributed by atoms with Crippen LogP contribution in [0.5, 0.6) is 0 Å². The number of rotatable bonds is 6. The fourth-order valence-electron chi connectivity index (χ4n) is 7.50. The summed E-state index contributed by atoms with van der Waals surface area (Å²) in [5.74, 6) is 2.85. The van der Waals surface area contributed by atoms with Gasteiger partial charge in [-0.15, -0.1) is 0 Å². The predicted octanol–water partition coefficient (Wildman–Crippen LogP) is 6.78. The SMILES string of the molecule is C[C@H]1CC[C@H](Cn2c(N3CCCC[C@H]3c3ccccc3)nc3nc(-c4noc(=O)[nH]4)nc(C4CCCCC4)c32)CC1. The van der Waals surface area contributed by atoms with Gasteiger partial charge in [-0.1, -0.05) is 74.5 Å². The molecule has 3 aromatic heterocycles. The van der Waals surface area contributed by atoms with Gasteiger partial charge >= 0.3 is 5.76 Å². The van der Waals surface area contributed by atoms with Crippen molar-refractivity contribution in [3.8, 4) is 11.6 Å². The van der Waals surface area contributed by atoms with Gasteiger partial charge in [0.25, 0.3) is 0 Å². The van der Waals surface area contributed by atoms with E-state index < -0.39 is 5.76 Å². The van der Waals surface area contributed by atoms with E-state index in [1.807, 2.05) is 0 Å². The molecule has 9 nitrogen and oxygen atoms in total. The monoisotopic (exact) mass is 555 g/mol. The first-order valence-electron chi connectivity index (χ1n) is 15.8. The Hall–Kier alpha value is -3.49. The van der Waals surface area contributed by atoms with E-state index in [2.05, 4.69) is 56.9 Å². The van der Waals surface area contributed by atoms with Gasteiger partial charge in [0.05, 0.1) is 11.7 Å². The third-order valence-electron chi connectivity index (χ3n) is 9.77. The van der Waals surface area contributed by atoms with E-state index in [0.717, 1.165) is 61.8 Å². The van der Waals surface area contributed by atoms with Crippen molar-refractivity contribution in [3.05, 3.63) is 52.1 Å². The Bertz CT molecular complexity index is 1530. The zero-order valence-corrected chi connectivity index (χ0v) is 24.1. The van der Waals surface area contributed by atoms with Gasteiger partial charge in [0.1, 0.15) is 5.52 Å². The number of aromatic nitrogens is 6. The standard InChI is InChI=1S/C32H41N7O2/c1-21-15-17-22(18-16-21)20-39-27-26(24-12-6-3-7-13-24)33-29(30-36-32(40)41-37-30)34-28(27)35-31(39)38-19-9-8-14-25(38)23-10-4-2-5-11-23/h2,4-5,10-11,21-22,24-25H,3,6-9,12-20H2,1H3,(H,36,37,40)/t21-,22-,25-/m0/s1. The number of imidazole rings is 1. The van der Waals surface area contributed by atoms with Gasteiger partial charge in [0.15, 0.2) is 5.65 Å². The van der Waals surface area contributed by atoms with Crippen LogP contribution < -0.4 is 10.7 Å². The van der Waals surface area contributed by atoms with Crippen molar-refractivity contribution >= 4 is 17.1 Å². The molecule has 1 aromatic carbocycles. The fourth-order valence-corrected chi connectivity index (χ4v) is 7.50. The molecule has 1 atom stereocenters. The molecule has 0 spiro atoms. The van der Waals surface area contributed by atoms with Crippen molar-refractivity contribution in [3.63, 3.8) is 0 Å². The Morgan fingerprint density at radius 2 is 1.68 bits per heavy atom. The smallest absolute Gasteiger partial charge is 0.335 e. The Labute approximate surface area is 240 Å². The minimum atomic E-state index is -0.598. The Morgan fingerprint density at radius 1 is 0.902 bits per heavy atom. The third-order valence-corrected chi connectivity index (χ3v) is 9.77. The lowest BCUT2D eigenvalue weighted by atomic mass is 9.83. The van der Waals surface area contributed by atoms with Gasteiger partial charge in [0, 0.05) is 19.0 Å². The molecule has 7 rings (SSSR count). The summed E-state index contributed by atoms with van der Waals surface area (Å²) < 4.78 is 7.33. The molecule has 0 bridgehead atoms. The summed E-state index contributed by atoms with van der Waals surface area (Å²) in [6.07, 6.45) is 14.5. The zero-order chi connectivity index (χ0) is 27.8. The normalized spacial score (nSPS) is 24.2. The highest BCUT2D eigenvalue weighted by Gasteiger charge is 2.33. The van der Waals surface area contributed by atoms with Crippen LogP contribution in [0.1, 0.15) is 107 Å². The van der Waals surface area contributed by atoms with Crippen molar-refractivity contribution in [2.24, 2.45) is 11.8 Å². The molecule has 4 heterocycles. The minimum absolute atomic E-state index is 0.270. The van der Waals surface area contributed by atoms with Crippen LogP contribution >= 0.6 is 0 Å². The number of nitrogens with zero attached hydrogens (tertiary/aromatic N) is 6. The first-order valence-corrected chi connectivity index (χ1v) is 15.8. The molecule has 1 saturated heterocycles. The maximum atomic E-state index is 11.8. The van der Waals surface area contributed by atoms with Crippen molar-refractivity contribution in [1.29, 1.82) is 0 Å². The van der Waals surface area contributed by atoms with Gasteiger partial charge in [0.2, 0.25) is 17.6 Å². The highest BCUT2D eigenvalue weighted by atomic mass is 16.5. The lowest BCUT2D eigenvalue weighted by molar-refractivity contribution is 0.266. The number of fused-ring (bicyclic) bond motifs is 1. The number of nitrogens with one attached hydrogen (secondary N) is 1. The number of benzene rings is 1. The van der Waals surface area contributed by atoms with Crippen molar-refractivity contribution in [2.45, 2.75) is 102 Å². The highest BCUT2D eigenvalue weighted by Crippen LogP contribution is 2.41. The second-order valence-electron chi connectivity index (χ2n) is 12.6. The van der Waals surface area contributed by atoms with Crippen LogP contribution in [0.4, 0.5) is 5.95 Å². The molecule has 4 aromatic rings. The molecule has 9 heteroatoms. The Kier molecular flexibility index (Phi) is 7.35. The van der Waals surface area contributed by atoms with Gasteiger partial charge in [-0.2, -0.15) is 4.98 Å². The number of anilines is 1. The van der Waals surface area contributed by atoms with E-state index in [0.29, 0.717) is 23.3 Å². The molecule has 216 valence electrons. The first kappa shape index (κ1) is 26.4. The van der Waals surface area contributed by atoms with Crippen LogP contribution in [-0.4, -0.2) is 36.2 Å². The third kappa shape index (κ3) is 5.31. The van der Waals surface area contributed by atoms with E-state index in [1.165, 1.54) is 56.9 Å². The molecule has 3 aliphatic rings. The molecule has 0 radical (unpaired) electrons.